The third-order valence-electron chi connectivity index (χ3n) is 2.65. The first-order valence-electron chi connectivity index (χ1n) is 6.14. The summed E-state index contributed by atoms with van der Waals surface area (Å²) < 4.78 is 0. The maximum absolute atomic E-state index is 8.85. The maximum Gasteiger partial charge on any atom is 0.210 e. The van der Waals surface area contributed by atoms with Crippen LogP contribution in [0.4, 0.5) is 5.69 Å². The van der Waals surface area contributed by atoms with Crippen LogP contribution in [0.25, 0.3) is 0 Å². The molecule has 2 aromatic rings. The van der Waals surface area contributed by atoms with Crippen LogP contribution in [-0.4, -0.2) is 5.96 Å². The van der Waals surface area contributed by atoms with Crippen LogP contribution < -0.4 is 16.6 Å². The molecule has 2 rings (SSSR count). The molecule has 0 aromatic heterocycles. The largest absolute Gasteiger partial charge is 0.325 e. The van der Waals surface area contributed by atoms with Gasteiger partial charge in [-0.2, -0.15) is 5.26 Å². The number of nitriles is 1. The molecular weight excluding hydrogens is 250 g/mol. The molecule has 5 heteroatoms. The Morgan fingerprint density at radius 1 is 1.15 bits per heavy atom. The van der Waals surface area contributed by atoms with Crippen LogP contribution in [0.3, 0.4) is 0 Å². The highest BCUT2D eigenvalue weighted by Crippen LogP contribution is 2.07. The van der Waals surface area contributed by atoms with Crippen molar-refractivity contribution in [1.29, 1.82) is 5.26 Å². The number of rotatable bonds is 3. The molecule has 4 N–H and O–H groups in total. The number of nitrogens with one attached hydrogen (secondary N) is 2. The zero-order valence-corrected chi connectivity index (χ0v) is 10.9. The fourth-order valence-corrected chi connectivity index (χ4v) is 1.69. The topological polar surface area (TPSA) is 86.2 Å². The fraction of sp³-hybridized carbons (Fsp3) is 0.0667. The standard InChI is InChI=1S/C15H15N5/c16-10-12-5-4-6-13(9-12)11-18-15(20-17)19-14-7-2-1-3-8-14/h1-9H,11,17H2,(H2,18,19,20). The summed E-state index contributed by atoms with van der Waals surface area (Å²) in [5.41, 5.74) is 4.99. The Hall–Kier alpha value is -2.84. The smallest absolute Gasteiger partial charge is 0.210 e. The number of anilines is 1. The van der Waals surface area contributed by atoms with E-state index in [1.54, 1.807) is 12.1 Å². The molecule has 0 bridgehead atoms. The summed E-state index contributed by atoms with van der Waals surface area (Å²) in [6.07, 6.45) is 0. The molecule has 0 saturated carbocycles. The highest BCUT2D eigenvalue weighted by Gasteiger charge is 1.98. The minimum Gasteiger partial charge on any atom is -0.325 e. The first-order chi connectivity index (χ1) is 9.81. The number of guanidine groups is 1. The van der Waals surface area contributed by atoms with Crippen molar-refractivity contribution in [2.24, 2.45) is 10.8 Å². The maximum atomic E-state index is 8.85. The van der Waals surface area contributed by atoms with E-state index in [9.17, 15) is 0 Å². The Labute approximate surface area is 117 Å². The number of nitrogens with zero attached hydrogens (tertiary/aromatic N) is 2. The molecule has 0 fully saturated rings. The van der Waals surface area contributed by atoms with Gasteiger partial charge in [0.05, 0.1) is 18.2 Å². The quantitative estimate of drug-likeness (QED) is 0.343. The van der Waals surface area contributed by atoms with Gasteiger partial charge in [0, 0.05) is 5.69 Å². The van der Waals surface area contributed by atoms with Gasteiger partial charge in [0.15, 0.2) is 0 Å². The molecule has 0 aliphatic carbocycles. The van der Waals surface area contributed by atoms with Crippen molar-refractivity contribution in [3.8, 4) is 6.07 Å². The fourth-order valence-electron chi connectivity index (χ4n) is 1.69. The van der Waals surface area contributed by atoms with Crippen LogP contribution in [0.2, 0.25) is 0 Å². The molecule has 0 saturated heterocycles. The highest BCUT2D eigenvalue weighted by molar-refractivity contribution is 5.93. The van der Waals surface area contributed by atoms with Gasteiger partial charge in [0.25, 0.3) is 0 Å². The minimum atomic E-state index is 0.439. The Bertz CT molecular complexity index is 628. The molecule has 0 spiro atoms. The summed E-state index contributed by atoms with van der Waals surface area (Å²) in [5.74, 6) is 5.92. The second-order valence-corrected chi connectivity index (χ2v) is 4.11. The molecule has 0 atom stereocenters. The van der Waals surface area contributed by atoms with Gasteiger partial charge < -0.3 is 5.32 Å². The van der Waals surface area contributed by atoms with Crippen LogP contribution in [0.1, 0.15) is 11.1 Å². The van der Waals surface area contributed by atoms with Crippen LogP contribution in [0.5, 0.6) is 0 Å². The van der Waals surface area contributed by atoms with Gasteiger partial charge in [-0.25, -0.2) is 10.8 Å². The first kappa shape index (κ1) is 13.6. The van der Waals surface area contributed by atoms with E-state index in [1.807, 2.05) is 42.5 Å². The Balaban J connectivity index is 2.06. The van der Waals surface area contributed by atoms with Crippen LogP contribution in [-0.2, 0) is 6.54 Å². The number of hydrogen-bond acceptors (Lipinski definition) is 3. The lowest BCUT2D eigenvalue weighted by atomic mass is 10.1. The van der Waals surface area contributed by atoms with Crippen molar-refractivity contribution in [1.82, 2.24) is 5.43 Å². The third kappa shape index (κ3) is 3.83. The van der Waals surface area contributed by atoms with Gasteiger partial charge >= 0.3 is 0 Å². The molecule has 0 aliphatic heterocycles. The lowest BCUT2D eigenvalue weighted by Crippen LogP contribution is -2.36. The predicted octanol–water partition coefficient (Wildman–Crippen LogP) is 1.99. The lowest BCUT2D eigenvalue weighted by Gasteiger charge is -2.09. The van der Waals surface area contributed by atoms with E-state index in [2.05, 4.69) is 21.8 Å². The second kappa shape index (κ2) is 6.92. The predicted molar refractivity (Wildman–Crippen MR) is 79.7 cm³/mol. The van der Waals surface area contributed by atoms with Crippen molar-refractivity contribution in [2.75, 3.05) is 5.32 Å². The van der Waals surface area contributed by atoms with Gasteiger partial charge in [-0.3, -0.25) is 5.43 Å². The van der Waals surface area contributed by atoms with Gasteiger partial charge in [0.1, 0.15) is 0 Å². The van der Waals surface area contributed by atoms with Gasteiger partial charge in [-0.15, -0.1) is 0 Å². The van der Waals surface area contributed by atoms with E-state index in [4.69, 9.17) is 11.1 Å². The molecule has 2 aromatic carbocycles. The molecule has 0 unspecified atom stereocenters. The second-order valence-electron chi connectivity index (χ2n) is 4.11. The van der Waals surface area contributed by atoms with Gasteiger partial charge in [-0.05, 0) is 29.8 Å². The molecule has 0 aliphatic rings. The van der Waals surface area contributed by atoms with Gasteiger partial charge in [0.2, 0.25) is 5.96 Å². The zero-order valence-electron chi connectivity index (χ0n) is 10.9. The van der Waals surface area contributed by atoms with Gasteiger partial charge in [-0.1, -0.05) is 30.3 Å². The summed E-state index contributed by atoms with van der Waals surface area (Å²) in [6, 6.07) is 19.0. The minimum absolute atomic E-state index is 0.439. The van der Waals surface area contributed by atoms with E-state index in [0.717, 1.165) is 11.3 Å². The van der Waals surface area contributed by atoms with Crippen molar-refractivity contribution >= 4 is 11.6 Å². The van der Waals surface area contributed by atoms with E-state index in [1.165, 1.54) is 0 Å². The molecule has 0 heterocycles. The SMILES string of the molecule is N#Cc1cccc(CN=C(NN)Nc2ccccc2)c1. The monoisotopic (exact) mass is 265 g/mol. The summed E-state index contributed by atoms with van der Waals surface area (Å²) in [7, 11) is 0. The highest BCUT2D eigenvalue weighted by atomic mass is 15.3. The summed E-state index contributed by atoms with van der Waals surface area (Å²) in [6.45, 7) is 0.439. The van der Waals surface area contributed by atoms with Crippen molar-refractivity contribution in [3.63, 3.8) is 0 Å². The van der Waals surface area contributed by atoms with Crippen LogP contribution in [0, 0.1) is 11.3 Å². The average Bonchev–Trinajstić information content (AvgIpc) is 2.52. The number of hydrogen-bond donors (Lipinski definition) is 3. The number of nitrogens with two attached hydrogens (primary N) is 1. The van der Waals surface area contributed by atoms with E-state index >= 15 is 0 Å². The van der Waals surface area contributed by atoms with E-state index in [-0.39, 0.29) is 0 Å². The molecule has 5 nitrogen and oxygen atoms in total. The third-order valence-corrected chi connectivity index (χ3v) is 2.65. The Kier molecular flexibility index (Phi) is 4.70. The molecule has 100 valence electrons. The number of aliphatic imine (C=N–C) groups is 1. The summed E-state index contributed by atoms with van der Waals surface area (Å²) >= 11 is 0. The van der Waals surface area contributed by atoms with E-state index < -0.39 is 0 Å². The molecule has 0 amide bonds. The van der Waals surface area contributed by atoms with Crippen molar-refractivity contribution in [2.45, 2.75) is 6.54 Å². The van der Waals surface area contributed by atoms with Crippen molar-refractivity contribution in [3.05, 3.63) is 65.7 Å². The normalized spacial score (nSPS) is 10.7. The first-order valence-corrected chi connectivity index (χ1v) is 6.14. The van der Waals surface area contributed by atoms with Crippen LogP contribution >= 0.6 is 0 Å². The van der Waals surface area contributed by atoms with E-state index in [0.29, 0.717) is 18.1 Å². The molecule has 20 heavy (non-hydrogen) atoms. The summed E-state index contributed by atoms with van der Waals surface area (Å²) in [5, 5.41) is 11.9. The number of hydrazine groups is 1. The Morgan fingerprint density at radius 3 is 2.65 bits per heavy atom. The van der Waals surface area contributed by atoms with Crippen LogP contribution in [0.15, 0.2) is 59.6 Å². The number of para-hydroxylation sites is 1. The summed E-state index contributed by atoms with van der Waals surface area (Å²) in [4.78, 5) is 4.34. The lowest BCUT2D eigenvalue weighted by molar-refractivity contribution is 0.968. The molecule has 0 radical (unpaired) electrons. The Morgan fingerprint density at radius 2 is 1.95 bits per heavy atom. The average molecular weight is 265 g/mol. The zero-order chi connectivity index (χ0) is 14.2. The number of benzene rings is 2. The van der Waals surface area contributed by atoms with Crippen molar-refractivity contribution < 1.29 is 0 Å². The molecular formula is C15H15N5.